The fraction of sp³-hybridized carbons (Fsp3) is 0.704. The summed E-state index contributed by atoms with van der Waals surface area (Å²) in [4.78, 5) is 38.6. The number of aliphatic hydroxyl groups is 1. The van der Waals surface area contributed by atoms with Gasteiger partial charge in [0.25, 0.3) is 5.69 Å². The summed E-state index contributed by atoms with van der Waals surface area (Å²) in [6.45, 7) is 19.3. The highest BCUT2D eigenvalue weighted by Crippen LogP contribution is 2.40. The van der Waals surface area contributed by atoms with Crippen molar-refractivity contribution in [1.29, 1.82) is 0 Å². The number of nitro groups is 1. The average Bonchev–Trinajstić information content (AvgIpc) is 2.72. The second-order valence-electron chi connectivity index (χ2n) is 12.9. The van der Waals surface area contributed by atoms with Gasteiger partial charge in [0.05, 0.1) is 35.5 Å². The van der Waals surface area contributed by atoms with Gasteiger partial charge in [0.1, 0.15) is 36.6 Å². The zero-order valence-corrected chi connectivity index (χ0v) is 26.3. The molecule has 0 unspecified atom stereocenters. The van der Waals surface area contributed by atoms with Crippen LogP contribution in [0.4, 0.5) is 11.4 Å². The Kier molecular flexibility index (Phi) is 11.5. The molecule has 0 saturated carbocycles. The maximum absolute atomic E-state index is 12.8. The van der Waals surface area contributed by atoms with Gasteiger partial charge in [-0.2, -0.15) is 0 Å². The van der Waals surface area contributed by atoms with Crippen LogP contribution in [0.15, 0.2) is 12.1 Å². The normalized spacial score (nSPS) is 12.6. The van der Waals surface area contributed by atoms with Crippen LogP contribution in [0.2, 0.25) is 18.1 Å². The molecule has 12 heteroatoms. The molecule has 11 nitrogen and oxygen atoms in total. The molecule has 1 N–H and O–H groups in total. The number of hydrogen-bond donors (Lipinski definition) is 1. The Balaban J connectivity index is 3.68. The quantitative estimate of drug-likeness (QED) is 0.158. The maximum Gasteiger partial charge on any atom is 0.326 e. The van der Waals surface area contributed by atoms with Crippen molar-refractivity contribution in [2.24, 2.45) is 0 Å². The fourth-order valence-electron chi connectivity index (χ4n) is 3.16. The summed E-state index contributed by atoms with van der Waals surface area (Å²) in [5, 5.41) is 21.2. The fourth-order valence-corrected chi connectivity index (χ4v) is 4.11. The van der Waals surface area contributed by atoms with Gasteiger partial charge in [0, 0.05) is 0 Å². The zero-order valence-electron chi connectivity index (χ0n) is 25.3. The SMILES string of the molecule is CC(C)(C)OC(=O)CN(CC(=O)OC(C)(C)C)c1cc(CO[Si](C)(C)C(C)(C)C)c([N+](=O)[O-])cc1OCCO. The summed E-state index contributed by atoms with van der Waals surface area (Å²) >= 11 is 0. The maximum atomic E-state index is 12.8. The number of nitro benzene ring substituents is 1. The largest absolute Gasteiger partial charge is 0.489 e. The third-order valence-corrected chi connectivity index (χ3v) is 10.4. The van der Waals surface area contributed by atoms with Gasteiger partial charge in [-0.25, -0.2) is 0 Å². The minimum Gasteiger partial charge on any atom is -0.489 e. The smallest absolute Gasteiger partial charge is 0.326 e. The molecule has 0 heterocycles. The molecule has 1 aromatic rings. The van der Waals surface area contributed by atoms with Gasteiger partial charge in [0.2, 0.25) is 0 Å². The van der Waals surface area contributed by atoms with Crippen molar-refractivity contribution in [3.8, 4) is 5.75 Å². The Morgan fingerprint density at radius 1 is 0.949 bits per heavy atom. The van der Waals surface area contributed by atoms with Crippen LogP contribution in [0.5, 0.6) is 5.75 Å². The summed E-state index contributed by atoms with van der Waals surface area (Å²) in [6, 6.07) is 2.72. The topological polar surface area (TPSA) is 138 Å². The summed E-state index contributed by atoms with van der Waals surface area (Å²) < 4.78 is 22.9. The number of ether oxygens (including phenoxy) is 3. The second-order valence-corrected chi connectivity index (χ2v) is 17.7. The Hall–Kier alpha value is -2.70. The summed E-state index contributed by atoms with van der Waals surface area (Å²) in [5.41, 5.74) is -1.29. The van der Waals surface area contributed by atoms with Crippen LogP contribution >= 0.6 is 0 Å². The van der Waals surface area contributed by atoms with E-state index in [-0.39, 0.29) is 60.6 Å². The molecule has 1 aromatic carbocycles. The van der Waals surface area contributed by atoms with Gasteiger partial charge in [-0.1, -0.05) is 20.8 Å². The van der Waals surface area contributed by atoms with Crippen LogP contribution in [0.1, 0.15) is 67.9 Å². The first-order chi connectivity index (χ1) is 17.6. The molecule has 0 atom stereocenters. The van der Waals surface area contributed by atoms with Crippen LogP contribution in [-0.2, 0) is 30.1 Å². The molecule has 0 aliphatic heterocycles. The highest BCUT2D eigenvalue weighted by molar-refractivity contribution is 6.74. The Morgan fingerprint density at radius 3 is 1.82 bits per heavy atom. The molecule has 0 radical (unpaired) electrons. The third kappa shape index (κ3) is 11.5. The molecule has 0 bridgehead atoms. The highest BCUT2D eigenvalue weighted by atomic mass is 28.4. The minimum absolute atomic E-state index is 0.0268. The molecule has 0 spiro atoms. The third-order valence-electron chi connectivity index (χ3n) is 5.92. The minimum atomic E-state index is -2.28. The zero-order chi connectivity index (χ0) is 30.4. The van der Waals surface area contributed by atoms with Gasteiger partial charge in [0.15, 0.2) is 8.32 Å². The van der Waals surface area contributed by atoms with Crippen LogP contribution in [0.25, 0.3) is 0 Å². The van der Waals surface area contributed by atoms with E-state index in [1.54, 1.807) is 41.5 Å². The van der Waals surface area contributed by atoms with Gasteiger partial charge in [-0.05, 0) is 65.7 Å². The van der Waals surface area contributed by atoms with E-state index in [0.29, 0.717) is 0 Å². The van der Waals surface area contributed by atoms with Crippen LogP contribution < -0.4 is 9.64 Å². The predicted molar refractivity (Wildman–Crippen MR) is 152 cm³/mol. The highest BCUT2D eigenvalue weighted by Gasteiger charge is 2.38. The first kappa shape index (κ1) is 34.3. The second kappa shape index (κ2) is 13.1. The number of rotatable bonds is 12. The monoisotopic (exact) mass is 570 g/mol. The van der Waals surface area contributed by atoms with Crippen LogP contribution in [-0.4, -0.2) is 67.8 Å². The summed E-state index contributed by atoms with van der Waals surface area (Å²) in [6.07, 6.45) is 0. The van der Waals surface area contributed by atoms with Gasteiger partial charge in [-0.3, -0.25) is 19.7 Å². The van der Waals surface area contributed by atoms with Crippen molar-refractivity contribution in [3.63, 3.8) is 0 Å². The Labute approximate surface area is 233 Å². The lowest BCUT2D eigenvalue weighted by atomic mass is 10.1. The molecule has 39 heavy (non-hydrogen) atoms. The standard InChI is InChI=1S/C27H46N2O9Si/c1-25(2,3)37-23(31)16-28(17-24(32)38-26(4,5)6)21-14-19(18-36-39(10,11)27(7,8)9)20(29(33)34)15-22(21)35-13-12-30/h14-15,30H,12-13,16-18H2,1-11H3. The van der Waals surface area contributed by atoms with E-state index in [0.717, 1.165) is 0 Å². The molecule has 0 fully saturated rings. The number of anilines is 1. The van der Waals surface area contributed by atoms with E-state index in [9.17, 15) is 24.8 Å². The lowest BCUT2D eigenvalue weighted by Crippen LogP contribution is -2.41. The van der Waals surface area contributed by atoms with Gasteiger partial charge in [-0.15, -0.1) is 0 Å². The average molecular weight is 571 g/mol. The van der Waals surface area contributed by atoms with E-state index in [4.69, 9.17) is 18.6 Å². The Morgan fingerprint density at radius 2 is 1.44 bits per heavy atom. The number of aliphatic hydroxyl groups excluding tert-OH is 1. The molecule has 0 aliphatic carbocycles. The number of hydrogen-bond acceptors (Lipinski definition) is 10. The van der Waals surface area contributed by atoms with E-state index >= 15 is 0 Å². The molecule has 0 aliphatic rings. The van der Waals surface area contributed by atoms with Crippen molar-refractivity contribution in [3.05, 3.63) is 27.8 Å². The molecular weight excluding hydrogens is 524 g/mol. The van der Waals surface area contributed by atoms with Crippen molar-refractivity contribution in [1.82, 2.24) is 0 Å². The van der Waals surface area contributed by atoms with Gasteiger partial charge >= 0.3 is 11.9 Å². The molecule has 0 saturated heterocycles. The molecule has 0 aromatic heterocycles. The lowest BCUT2D eigenvalue weighted by molar-refractivity contribution is -0.385. The molecule has 222 valence electrons. The van der Waals surface area contributed by atoms with E-state index in [1.165, 1.54) is 17.0 Å². The van der Waals surface area contributed by atoms with E-state index in [2.05, 4.69) is 20.8 Å². The van der Waals surface area contributed by atoms with Crippen LogP contribution in [0, 0.1) is 10.1 Å². The van der Waals surface area contributed by atoms with Crippen molar-refractivity contribution in [2.75, 3.05) is 31.2 Å². The van der Waals surface area contributed by atoms with Crippen molar-refractivity contribution in [2.45, 2.75) is 98.3 Å². The number of carbonyl (C=O) groups excluding carboxylic acids is 2. The van der Waals surface area contributed by atoms with Crippen molar-refractivity contribution < 1.29 is 38.3 Å². The van der Waals surface area contributed by atoms with E-state index in [1.807, 2.05) is 13.1 Å². The van der Waals surface area contributed by atoms with Crippen molar-refractivity contribution >= 4 is 31.6 Å². The summed E-state index contributed by atoms with van der Waals surface area (Å²) in [7, 11) is -2.28. The molecular formula is C27H46N2O9Si. The summed E-state index contributed by atoms with van der Waals surface area (Å²) in [5.74, 6) is -1.20. The number of benzene rings is 1. The van der Waals surface area contributed by atoms with Crippen LogP contribution in [0.3, 0.4) is 0 Å². The molecule has 0 amide bonds. The first-order valence-corrected chi connectivity index (χ1v) is 15.8. The Bertz CT molecular complexity index is 992. The number of carbonyl (C=O) groups is 2. The lowest BCUT2D eigenvalue weighted by Gasteiger charge is -2.36. The molecule has 1 rings (SSSR count). The van der Waals surface area contributed by atoms with Gasteiger partial charge < -0.3 is 28.6 Å². The number of nitrogens with zero attached hydrogens (tertiary/aromatic N) is 2. The van der Waals surface area contributed by atoms with E-state index < -0.39 is 36.4 Å². The number of esters is 2. The predicted octanol–water partition coefficient (Wildman–Crippen LogP) is 4.98. The first-order valence-electron chi connectivity index (χ1n) is 12.9.